The maximum Gasteiger partial charge on any atom is 0.222 e. The van der Waals surface area contributed by atoms with Gasteiger partial charge >= 0.3 is 0 Å². The van der Waals surface area contributed by atoms with Gasteiger partial charge in [-0.1, -0.05) is 0 Å². The first-order valence-electron chi connectivity index (χ1n) is 13.5. The van der Waals surface area contributed by atoms with E-state index < -0.39 is 0 Å². The van der Waals surface area contributed by atoms with Crippen molar-refractivity contribution >= 4 is 17.6 Å². The lowest BCUT2D eigenvalue weighted by atomic mass is 9.78. The second kappa shape index (κ2) is 10.3. The lowest BCUT2D eigenvalue weighted by Gasteiger charge is -2.37. The van der Waals surface area contributed by atoms with Gasteiger partial charge < -0.3 is 19.9 Å². The minimum absolute atomic E-state index is 0.0161. The van der Waals surface area contributed by atoms with Crippen molar-refractivity contribution in [2.45, 2.75) is 63.8 Å². The number of nitrogens with one attached hydrogen (secondary N) is 1. The Morgan fingerprint density at radius 3 is 2.69 bits per heavy atom. The number of anilines is 1. The second-order valence-corrected chi connectivity index (χ2v) is 11.2. The minimum atomic E-state index is 0.0161. The molecule has 2 aliphatic heterocycles. The van der Waals surface area contributed by atoms with Crippen LogP contribution in [0.3, 0.4) is 0 Å². The van der Waals surface area contributed by atoms with Crippen molar-refractivity contribution in [1.82, 2.24) is 20.1 Å². The number of ether oxygens (including phenoxy) is 1. The number of hydrogen-bond acceptors (Lipinski definition) is 6. The molecule has 1 aromatic heterocycles. The molecule has 1 saturated heterocycles. The van der Waals surface area contributed by atoms with Crippen molar-refractivity contribution in [2.24, 2.45) is 11.3 Å². The number of hydrogen-bond donors (Lipinski definition) is 1. The highest BCUT2D eigenvalue weighted by molar-refractivity contribution is 5.83. The molecule has 1 aromatic rings. The van der Waals surface area contributed by atoms with Gasteiger partial charge in [-0.15, -0.1) is 0 Å². The number of carbonyl (C=O) groups is 2. The molecule has 5 rings (SSSR count). The number of carbonyl (C=O) groups excluding carboxylic acids is 2. The van der Waals surface area contributed by atoms with E-state index in [4.69, 9.17) is 4.74 Å². The van der Waals surface area contributed by atoms with Crippen LogP contribution in [-0.4, -0.2) is 86.1 Å². The van der Waals surface area contributed by atoms with Crippen molar-refractivity contribution in [1.29, 1.82) is 0 Å². The summed E-state index contributed by atoms with van der Waals surface area (Å²) in [4.78, 5) is 35.2. The van der Waals surface area contributed by atoms with Gasteiger partial charge in [0.25, 0.3) is 0 Å². The molecular weight excluding hydrogens is 442 g/mol. The van der Waals surface area contributed by atoms with Gasteiger partial charge in [-0.3, -0.25) is 14.5 Å². The van der Waals surface area contributed by atoms with Crippen LogP contribution in [0, 0.1) is 11.3 Å². The Hall–Kier alpha value is -2.35. The number of fused-ring (bicyclic) bond motifs is 1. The minimum Gasteiger partial charge on any atom is -0.493 e. The molecule has 3 heterocycles. The average molecular weight is 484 g/mol. The van der Waals surface area contributed by atoms with Crippen molar-refractivity contribution in [3.05, 3.63) is 17.8 Å². The van der Waals surface area contributed by atoms with Crippen LogP contribution in [0.4, 0.5) is 5.82 Å². The van der Waals surface area contributed by atoms with Gasteiger partial charge in [0.05, 0.1) is 6.61 Å². The Kier molecular flexibility index (Phi) is 7.19. The SMILES string of the molecule is CN(C)C(=O)CCC(=O)N[C@H]1CC12CCC(CCN1CCN(c3nccc4c3CCO4)CC1)CC2. The van der Waals surface area contributed by atoms with Crippen molar-refractivity contribution in [3.8, 4) is 5.75 Å². The summed E-state index contributed by atoms with van der Waals surface area (Å²) in [5.74, 6) is 3.01. The summed E-state index contributed by atoms with van der Waals surface area (Å²) >= 11 is 0. The molecule has 4 aliphatic rings. The Morgan fingerprint density at radius 2 is 1.94 bits per heavy atom. The molecule has 1 atom stereocenters. The quantitative estimate of drug-likeness (QED) is 0.612. The van der Waals surface area contributed by atoms with Crippen molar-refractivity contribution < 1.29 is 14.3 Å². The largest absolute Gasteiger partial charge is 0.493 e. The van der Waals surface area contributed by atoms with E-state index in [-0.39, 0.29) is 11.8 Å². The number of pyridine rings is 1. The van der Waals surface area contributed by atoms with Gasteiger partial charge in [0.15, 0.2) is 0 Å². The smallest absolute Gasteiger partial charge is 0.222 e. The summed E-state index contributed by atoms with van der Waals surface area (Å²) in [6.45, 7) is 6.26. The van der Waals surface area contributed by atoms with Gasteiger partial charge in [0, 0.05) is 77.3 Å². The first kappa shape index (κ1) is 24.3. The number of aromatic nitrogens is 1. The van der Waals surface area contributed by atoms with Crippen LogP contribution in [-0.2, 0) is 16.0 Å². The van der Waals surface area contributed by atoms with Crippen LogP contribution in [0.15, 0.2) is 12.3 Å². The highest BCUT2D eigenvalue weighted by Crippen LogP contribution is 2.57. The van der Waals surface area contributed by atoms with Crippen molar-refractivity contribution in [3.63, 3.8) is 0 Å². The highest BCUT2D eigenvalue weighted by atomic mass is 16.5. The van der Waals surface area contributed by atoms with Crippen LogP contribution in [0.2, 0.25) is 0 Å². The zero-order valence-electron chi connectivity index (χ0n) is 21.4. The zero-order valence-corrected chi connectivity index (χ0v) is 21.4. The molecule has 0 aromatic carbocycles. The van der Waals surface area contributed by atoms with E-state index in [0.717, 1.165) is 63.1 Å². The molecule has 35 heavy (non-hydrogen) atoms. The third-order valence-electron chi connectivity index (χ3n) is 8.82. The molecule has 8 nitrogen and oxygen atoms in total. The van der Waals surface area contributed by atoms with E-state index in [2.05, 4.69) is 20.1 Å². The Labute approximate surface area is 209 Å². The Bertz CT molecular complexity index is 919. The average Bonchev–Trinajstić information content (AvgIpc) is 3.27. The van der Waals surface area contributed by atoms with E-state index in [1.807, 2.05) is 12.3 Å². The number of rotatable bonds is 8. The fourth-order valence-corrected chi connectivity index (χ4v) is 6.27. The normalized spacial score (nSPS) is 27.9. The van der Waals surface area contributed by atoms with Crippen LogP contribution >= 0.6 is 0 Å². The molecule has 1 N–H and O–H groups in total. The molecule has 2 aliphatic carbocycles. The van der Waals surface area contributed by atoms with Crippen LogP contribution in [0.5, 0.6) is 5.75 Å². The molecule has 2 amide bonds. The number of amides is 2. The predicted molar refractivity (Wildman–Crippen MR) is 136 cm³/mol. The molecular formula is C27H41N5O3. The van der Waals surface area contributed by atoms with E-state index in [9.17, 15) is 9.59 Å². The standard InChI is InChI=1S/C27H41N5O3/c1-30(2)25(34)4-3-24(33)29-23-19-27(23)10-5-20(6-11-27)8-13-31-14-16-32(17-15-31)26-21-9-18-35-22(21)7-12-28-26/h7,12,20,23H,3-6,8-11,13-19H2,1-2H3,(H,29,33)/t20?,23-,27?/m0/s1. The summed E-state index contributed by atoms with van der Waals surface area (Å²) in [5.41, 5.74) is 1.63. The van der Waals surface area contributed by atoms with Crippen LogP contribution in [0.25, 0.3) is 0 Å². The van der Waals surface area contributed by atoms with Gasteiger partial charge in [0.2, 0.25) is 11.8 Å². The first-order valence-corrected chi connectivity index (χ1v) is 13.5. The molecule has 192 valence electrons. The van der Waals surface area contributed by atoms with Crippen molar-refractivity contribution in [2.75, 3.05) is 58.3 Å². The van der Waals surface area contributed by atoms with E-state index in [1.54, 1.807) is 19.0 Å². The number of piperazine rings is 1. The van der Waals surface area contributed by atoms with Crippen LogP contribution in [0.1, 0.15) is 56.9 Å². The molecule has 0 unspecified atom stereocenters. The number of nitrogens with zero attached hydrogens (tertiary/aromatic N) is 4. The Balaban J connectivity index is 0.986. The monoisotopic (exact) mass is 483 g/mol. The summed E-state index contributed by atoms with van der Waals surface area (Å²) in [5, 5.41) is 3.20. The summed E-state index contributed by atoms with van der Waals surface area (Å²) in [6, 6.07) is 2.32. The Morgan fingerprint density at radius 1 is 1.17 bits per heavy atom. The van der Waals surface area contributed by atoms with Gasteiger partial charge in [-0.25, -0.2) is 4.98 Å². The summed E-state index contributed by atoms with van der Waals surface area (Å²) in [6.07, 6.45) is 10.9. The second-order valence-electron chi connectivity index (χ2n) is 11.2. The summed E-state index contributed by atoms with van der Waals surface area (Å²) < 4.78 is 5.72. The fraction of sp³-hybridized carbons (Fsp3) is 0.741. The maximum atomic E-state index is 12.3. The first-order chi connectivity index (χ1) is 16.9. The molecule has 2 saturated carbocycles. The fourth-order valence-electron chi connectivity index (χ4n) is 6.27. The molecule has 3 fully saturated rings. The van der Waals surface area contributed by atoms with E-state index in [0.29, 0.717) is 24.3 Å². The molecule has 1 spiro atoms. The van der Waals surface area contributed by atoms with E-state index >= 15 is 0 Å². The summed E-state index contributed by atoms with van der Waals surface area (Å²) in [7, 11) is 3.47. The highest BCUT2D eigenvalue weighted by Gasteiger charge is 2.55. The van der Waals surface area contributed by atoms with Crippen LogP contribution < -0.4 is 15.0 Å². The third-order valence-corrected chi connectivity index (χ3v) is 8.82. The lowest BCUT2D eigenvalue weighted by Crippen LogP contribution is -2.47. The maximum absolute atomic E-state index is 12.3. The topological polar surface area (TPSA) is 78.0 Å². The molecule has 0 bridgehead atoms. The van der Waals surface area contributed by atoms with Gasteiger partial charge in [-0.05, 0) is 62.5 Å². The molecule has 8 heteroatoms. The zero-order chi connectivity index (χ0) is 24.4. The molecule has 0 radical (unpaired) electrons. The van der Waals surface area contributed by atoms with Gasteiger partial charge in [-0.2, -0.15) is 0 Å². The lowest BCUT2D eigenvalue weighted by molar-refractivity contribution is -0.131. The predicted octanol–water partition coefficient (Wildman–Crippen LogP) is 2.46. The van der Waals surface area contributed by atoms with Gasteiger partial charge in [0.1, 0.15) is 11.6 Å². The van der Waals surface area contributed by atoms with E-state index in [1.165, 1.54) is 44.2 Å². The third kappa shape index (κ3) is 5.57.